The Morgan fingerprint density at radius 2 is 1.00 bits per heavy atom. The Bertz CT molecular complexity index is 1030. The molecule has 2 aromatic carbocycles. The summed E-state index contributed by atoms with van der Waals surface area (Å²) in [6, 6.07) is 16.5. The molecule has 0 saturated heterocycles. The van der Waals surface area contributed by atoms with Crippen LogP contribution in [0.1, 0.15) is 12.8 Å². The Labute approximate surface area is 159 Å². The normalized spacial score (nSPS) is 30.7. The van der Waals surface area contributed by atoms with E-state index in [1.165, 1.54) is 0 Å². The van der Waals surface area contributed by atoms with E-state index in [1.807, 2.05) is 12.2 Å². The van der Waals surface area contributed by atoms with Crippen LogP contribution in [0.4, 0.5) is 0 Å². The molecule has 3 aliphatic rings. The highest BCUT2D eigenvalue weighted by atomic mass is 32.2. The first kappa shape index (κ1) is 17.2. The smallest absolute Gasteiger partial charge is 0.183 e. The minimum absolute atomic E-state index is 0.182. The number of sulfone groups is 2. The van der Waals surface area contributed by atoms with E-state index in [9.17, 15) is 16.8 Å². The zero-order valence-corrected chi connectivity index (χ0v) is 16.2. The fourth-order valence-corrected chi connectivity index (χ4v) is 10.3. The molecule has 4 nitrogen and oxygen atoms in total. The number of hydrogen-bond donors (Lipinski definition) is 0. The van der Waals surface area contributed by atoms with Gasteiger partial charge in [0.2, 0.25) is 0 Å². The Kier molecular flexibility index (Phi) is 3.53. The van der Waals surface area contributed by atoms with Crippen LogP contribution in [0.2, 0.25) is 0 Å². The fraction of sp³-hybridized carbons (Fsp3) is 0.333. The van der Waals surface area contributed by atoms with Gasteiger partial charge in [0.05, 0.1) is 20.3 Å². The summed E-state index contributed by atoms with van der Waals surface area (Å²) in [5, 5.41) is -1.86. The van der Waals surface area contributed by atoms with Crippen molar-refractivity contribution in [1.82, 2.24) is 0 Å². The Morgan fingerprint density at radius 1 is 0.630 bits per heavy atom. The minimum Gasteiger partial charge on any atom is -0.223 e. The van der Waals surface area contributed by atoms with Crippen molar-refractivity contribution in [3.8, 4) is 0 Å². The van der Waals surface area contributed by atoms with Crippen molar-refractivity contribution >= 4 is 19.7 Å². The monoisotopic (exact) mass is 400 g/mol. The number of allylic oxidation sites excluding steroid dienone is 2. The van der Waals surface area contributed by atoms with Gasteiger partial charge in [0.25, 0.3) is 0 Å². The summed E-state index contributed by atoms with van der Waals surface area (Å²) in [5.41, 5.74) is -0.182. The molecule has 2 fully saturated rings. The highest BCUT2D eigenvalue weighted by Gasteiger charge is 2.72. The predicted molar refractivity (Wildman–Crippen MR) is 103 cm³/mol. The summed E-state index contributed by atoms with van der Waals surface area (Å²) >= 11 is 0. The van der Waals surface area contributed by atoms with Crippen LogP contribution in [0, 0.1) is 17.3 Å². The van der Waals surface area contributed by atoms with Crippen molar-refractivity contribution in [2.75, 3.05) is 0 Å². The maximum atomic E-state index is 13.5. The standard InChI is InChI=1S/C21H20O4S2/c22-26(23,15-7-3-1-4-8-15)19-17-11-12-18(21(17)13-14-21)20(19)27(24,25)16-9-5-2-6-10-16/h1-12,17-20H,13-14H2/t17-,18+,19-,20-/m0/s1. The van der Waals surface area contributed by atoms with E-state index >= 15 is 0 Å². The molecule has 1 spiro atoms. The van der Waals surface area contributed by atoms with Gasteiger partial charge < -0.3 is 0 Å². The second-order valence-electron chi connectivity index (χ2n) is 7.81. The number of benzene rings is 2. The second-order valence-corrected chi connectivity index (χ2v) is 12.0. The predicted octanol–water partition coefficient (Wildman–Crippen LogP) is 3.27. The van der Waals surface area contributed by atoms with E-state index in [0.717, 1.165) is 12.8 Å². The molecule has 0 amide bonds. The van der Waals surface area contributed by atoms with Gasteiger partial charge in [0, 0.05) is 11.8 Å². The van der Waals surface area contributed by atoms with Gasteiger partial charge >= 0.3 is 0 Å². The third-order valence-corrected chi connectivity index (χ3v) is 11.2. The van der Waals surface area contributed by atoms with Crippen LogP contribution in [-0.4, -0.2) is 27.3 Å². The lowest BCUT2D eigenvalue weighted by Gasteiger charge is -2.27. The molecule has 2 aromatic rings. The average molecular weight is 401 g/mol. The fourth-order valence-electron chi connectivity index (χ4n) is 5.21. The molecule has 0 heterocycles. The first-order chi connectivity index (χ1) is 12.9. The molecule has 3 aliphatic carbocycles. The molecule has 2 saturated carbocycles. The summed E-state index contributed by atoms with van der Waals surface area (Å²) in [7, 11) is -7.54. The molecule has 0 aromatic heterocycles. The number of rotatable bonds is 4. The van der Waals surface area contributed by atoms with Crippen molar-refractivity contribution < 1.29 is 16.8 Å². The lowest BCUT2D eigenvalue weighted by atomic mass is 9.93. The van der Waals surface area contributed by atoms with Crippen molar-refractivity contribution in [2.24, 2.45) is 17.3 Å². The molecule has 0 radical (unpaired) electrons. The quantitative estimate of drug-likeness (QED) is 0.739. The average Bonchev–Trinajstić information content (AvgIpc) is 3.35. The van der Waals surface area contributed by atoms with Crippen LogP contribution < -0.4 is 0 Å². The van der Waals surface area contributed by atoms with Gasteiger partial charge in [-0.2, -0.15) is 0 Å². The van der Waals surface area contributed by atoms with Gasteiger partial charge in [-0.1, -0.05) is 48.6 Å². The zero-order valence-electron chi connectivity index (χ0n) is 14.6. The van der Waals surface area contributed by atoms with Gasteiger partial charge in [-0.15, -0.1) is 0 Å². The Hall–Kier alpha value is -1.92. The lowest BCUT2D eigenvalue weighted by Crippen LogP contribution is -2.42. The van der Waals surface area contributed by atoms with Crippen LogP contribution >= 0.6 is 0 Å². The molecule has 0 aliphatic heterocycles. The van der Waals surface area contributed by atoms with Crippen LogP contribution in [-0.2, 0) is 19.7 Å². The maximum Gasteiger partial charge on any atom is 0.183 e. The van der Waals surface area contributed by atoms with E-state index in [0.29, 0.717) is 0 Å². The van der Waals surface area contributed by atoms with Crippen molar-refractivity contribution in [2.45, 2.75) is 33.1 Å². The van der Waals surface area contributed by atoms with Crippen LogP contribution in [0.5, 0.6) is 0 Å². The Balaban J connectivity index is 1.69. The summed E-state index contributed by atoms with van der Waals surface area (Å²) in [4.78, 5) is 0.417. The first-order valence-corrected chi connectivity index (χ1v) is 12.2. The molecule has 0 unspecified atom stereocenters. The van der Waals surface area contributed by atoms with Gasteiger partial charge in [-0.25, -0.2) is 16.8 Å². The molecule has 6 heteroatoms. The van der Waals surface area contributed by atoms with E-state index in [1.54, 1.807) is 60.7 Å². The summed E-state index contributed by atoms with van der Waals surface area (Å²) in [6.07, 6.45) is 5.72. The van der Waals surface area contributed by atoms with E-state index in [2.05, 4.69) is 0 Å². The molecule has 2 bridgehead atoms. The SMILES string of the molecule is O=S(=O)(c1ccccc1)[C@@H]1[C@@H](S(=O)(=O)c2ccccc2)[C@@H]2C=C[C@H]1C21CC1. The van der Waals surface area contributed by atoms with Gasteiger partial charge in [-0.05, 0) is 42.5 Å². The summed E-state index contributed by atoms with van der Waals surface area (Å²) < 4.78 is 54.1. The second kappa shape index (κ2) is 5.55. The molecular weight excluding hydrogens is 380 g/mol. The maximum absolute atomic E-state index is 13.5. The van der Waals surface area contributed by atoms with Gasteiger partial charge in [0.15, 0.2) is 19.7 Å². The van der Waals surface area contributed by atoms with Crippen LogP contribution in [0.15, 0.2) is 82.6 Å². The largest absolute Gasteiger partial charge is 0.223 e. The number of hydrogen-bond acceptors (Lipinski definition) is 4. The lowest BCUT2D eigenvalue weighted by molar-refractivity contribution is 0.403. The summed E-state index contributed by atoms with van der Waals surface area (Å²) in [6.45, 7) is 0. The minimum atomic E-state index is -3.77. The van der Waals surface area contributed by atoms with E-state index in [-0.39, 0.29) is 27.0 Å². The van der Waals surface area contributed by atoms with Crippen LogP contribution in [0.25, 0.3) is 0 Å². The molecular formula is C21H20O4S2. The van der Waals surface area contributed by atoms with Gasteiger partial charge in [-0.3, -0.25) is 0 Å². The van der Waals surface area contributed by atoms with Crippen molar-refractivity contribution in [1.29, 1.82) is 0 Å². The van der Waals surface area contributed by atoms with Gasteiger partial charge in [0.1, 0.15) is 0 Å². The highest BCUT2D eigenvalue weighted by Crippen LogP contribution is 2.71. The third kappa shape index (κ3) is 2.26. The molecule has 4 atom stereocenters. The van der Waals surface area contributed by atoms with E-state index < -0.39 is 30.2 Å². The van der Waals surface area contributed by atoms with Crippen molar-refractivity contribution in [3.05, 3.63) is 72.8 Å². The first-order valence-electron chi connectivity index (χ1n) is 9.15. The molecule has 5 rings (SSSR count). The van der Waals surface area contributed by atoms with E-state index in [4.69, 9.17) is 0 Å². The molecule has 27 heavy (non-hydrogen) atoms. The summed E-state index contributed by atoms with van der Waals surface area (Å²) in [5.74, 6) is -0.451. The Morgan fingerprint density at radius 3 is 1.33 bits per heavy atom. The van der Waals surface area contributed by atoms with Crippen LogP contribution in [0.3, 0.4) is 0 Å². The van der Waals surface area contributed by atoms with Crippen molar-refractivity contribution in [3.63, 3.8) is 0 Å². The topological polar surface area (TPSA) is 68.3 Å². The zero-order chi connectivity index (χ0) is 18.9. The highest BCUT2D eigenvalue weighted by molar-refractivity contribution is 7.96. The third-order valence-electron chi connectivity index (χ3n) is 6.57. The molecule has 140 valence electrons. The molecule has 0 N–H and O–H groups in total.